The lowest BCUT2D eigenvalue weighted by Gasteiger charge is -2.13. The monoisotopic (exact) mass is 414 g/mol. The van der Waals surface area contributed by atoms with E-state index >= 15 is 0 Å². The van der Waals surface area contributed by atoms with Gasteiger partial charge in [0.1, 0.15) is 5.40 Å². The number of nitro benzene ring substituents is 1. The fourth-order valence-corrected chi connectivity index (χ4v) is 3.23. The number of esters is 1. The van der Waals surface area contributed by atoms with Crippen LogP contribution in [0, 0.1) is 34.6 Å². The van der Waals surface area contributed by atoms with Gasteiger partial charge in [-0.05, 0) is 54.9 Å². The maximum absolute atomic E-state index is 12.3. The van der Waals surface area contributed by atoms with Gasteiger partial charge in [-0.1, -0.05) is 0 Å². The molecule has 0 radical (unpaired) electrons. The van der Waals surface area contributed by atoms with E-state index in [-0.39, 0.29) is 11.3 Å². The number of amides is 1. The number of nitriles is 1. The lowest BCUT2D eigenvalue weighted by atomic mass is 10.1. The predicted octanol–water partition coefficient (Wildman–Crippen LogP) is 3.62. The van der Waals surface area contributed by atoms with Gasteiger partial charge in [-0.2, -0.15) is 5.26 Å². The van der Waals surface area contributed by atoms with Crippen LogP contribution in [-0.4, -0.2) is 30.5 Å². The first-order valence-corrected chi connectivity index (χ1v) is 9.18. The first-order valence-electron chi connectivity index (χ1n) is 8.37. The Bertz CT molecular complexity index is 993. The third-order valence-corrected chi connectivity index (χ3v) is 4.53. The van der Waals surface area contributed by atoms with E-state index in [1.165, 1.54) is 12.1 Å². The van der Waals surface area contributed by atoms with Gasteiger partial charge in [0.2, 0.25) is 0 Å². The molecule has 1 amide bonds. The van der Waals surface area contributed by atoms with Crippen molar-refractivity contribution in [2.45, 2.75) is 18.7 Å². The van der Waals surface area contributed by atoms with Crippen molar-refractivity contribution in [3.05, 3.63) is 57.1 Å². The maximum atomic E-state index is 12.3. The highest BCUT2D eigenvalue weighted by Crippen LogP contribution is 2.27. The summed E-state index contributed by atoms with van der Waals surface area (Å²) in [5.41, 5.74) is 2.14. The zero-order valence-corrected chi connectivity index (χ0v) is 16.8. The molecule has 9 nitrogen and oxygen atoms in total. The standard InChI is InChI=1S/C19H18N4O5S/c1-11-6-14(29-10-20)7-12(2)18(11)22-17(24)9-28-19(25)15-8-13(23(26)27)4-5-16(15)21-3/h4-8,21H,9H2,1-3H3,(H,22,24). The van der Waals surface area contributed by atoms with Crippen LogP contribution in [-0.2, 0) is 9.53 Å². The van der Waals surface area contributed by atoms with Crippen molar-refractivity contribution in [2.24, 2.45) is 0 Å². The van der Waals surface area contributed by atoms with Crippen LogP contribution >= 0.6 is 11.8 Å². The molecule has 2 aromatic carbocycles. The van der Waals surface area contributed by atoms with Gasteiger partial charge in [-0.15, -0.1) is 0 Å². The molecule has 0 atom stereocenters. The highest BCUT2D eigenvalue weighted by molar-refractivity contribution is 8.03. The normalized spacial score (nSPS) is 10.0. The van der Waals surface area contributed by atoms with Crippen LogP contribution in [0.25, 0.3) is 0 Å². The lowest BCUT2D eigenvalue weighted by molar-refractivity contribution is -0.384. The number of carbonyl (C=O) groups excluding carboxylic acids is 2. The molecule has 2 N–H and O–H groups in total. The number of aryl methyl sites for hydroxylation is 2. The van der Waals surface area contributed by atoms with E-state index in [2.05, 4.69) is 10.6 Å². The van der Waals surface area contributed by atoms with Crippen molar-refractivity contribution in [1.29, 1.82) is 5.26 Å². The molecule has 0 heterocycles. The van der Waals surface area contributed by atoms with Gasteiger partial charge in [0.05, 0.1) is 10.5 Å². The molecular weight excluding hydrogens is 396 g/mol. The number of nitrogens with one attached hydrogen (secondary N) is 2. The summed E-state index contributed by atoms with van der Waals surface area (Å²) in [7, 11) is 1.56. The number of hydrogen-bond acceptors (Lipinski definition) is 8. The molecule has 0 bridgehead atoms. The zero-order valence-electron chi connectivity index (χ0n) is 15.9. The Hall–Kier alpha value is -3.58. The molecule has 0 fully saturated rings. The van der Waals surface area contributed by atoms with E-state index in [1.54, 1.807) is 33.0 Å². The summed E-state index contributed by atoms with van der Waals surface area (Å²) >= 11 is 1.02. The van der Waals surface area contributed by atoms with Gasteiger partial charge in [0.15, 0.2) is 6.61 Å². The van der Waals surface area contributed by atoms with Gasteiger partial charge >= 0.3 is 5.97 Å². The molecular formula is C19H18N4O5S. The fraction of sp³-hybridized carbons (Fsp3) is 0.211. The van der Waals surface area contributed by atoms with Crippen LogP contribution in [0.4, 0.5) is 17.1 Å². The number of hydrogen-bond donors (Lipinski definition) is 2. The Kier molecular flexibility index (Phi) is 7.16. The van der Waals surface area contributed by atoms with Gasteiger partial charge in [0.25, 0.3) is 11.6 Å². The van der Waals surface area contributed by atoms with Crippen molar-refractivity contribution < 1.29 is 19.2 Å². The van der Waals surface area contributed by atoms with E-state index < -0.39 is 23.4 Å². The molecule has 150 valence electrons. The van der Waals surface area contributed by atoms with Crippen molar-refractivity contribution >= 4 is 40.7 Å². The van der Waals surface area contributed by atoms with Gasteiger partial charge in [-0.3, -0.25) is 14.9 Å². The fourth-order valence-electron chi connectivity index (χ4n) is 2.65. The van der Waals surface area contributed by atoms with Crippen LogP contribution < -0.4 is 10.6 Å². The number of benzene rings is 2. The van der Waals surface area contributed by atoms with Crippen molar-refractivity contribution in [1.82, 2.24) is 0 Å². The summed E-state index contributed by atoms with van der Waals surface area (Å²) in [5.74, 6) is -1.41. The third kappa shape index (κ3) is 5.46. The summed E-state index contributed by atoms with van der Waals surface area (Å²) in [5, 5.41) is 27.1. The van der Waals surface area contributed by atoms with Gasteiger partial charge < -0.3 is 15.4 Å². The third-order valence-electron chi connectivity index (χ3n) is 3.97. The molecule has 0 aliphatic rings. The average molecular weight is 414 g/mol. The number of thioether (sulfide) groups is 1. The Morgan fingerprint density at radius 2 is 1.90 bits per heavy atom. The molecule has 0 spiro atoms. The largest absolute Gasteiger partial charge is 0.452 e. The van der Waals surface area contributed by atoms with Crippen molar-refractivity contribution in [3.63, 3.8) is 0 Å². The van der Waals surface area contributed by atoms with E-state index in [4.69, 9.17) is 10.00 Å². The summed E-state index contributed by atoms with van der Waals surface area (Å²) in [4.78, 5) is 35.6. The molecule has 2 aromatic rings. The Balaban J connectivity index is 2.08. The van der Waals surface area contributed by atoms with Crippen LogP contribution in [0.5, 0.6) is 0 Å². The smallest absolute Gasteiger partial charge is 0.341 e. The Labute approximate surface area is 171 Å². The van der Waals surface area contributed by atoms with Gasteiger partial charge in [0, 0.05) is 35.5 Å². The number of nitro groups is 1. The van der Waals surface area contributed by atoms with E-state index in [1.807, 2.05) is 5.40 Å². The second-order valence-electron chi connectivity index (χ2n) is 5.99. The van der Waals surface area contributed by atoms with E-state index in [0.29, 0.717) is 11.4 Å². The average Bonchev–Trinajstić information content (AvgIpc) is 2.68. The van der Waals surface area contributed by atoms with Crippen LogP contribution in [0.2, 0.25) is 0 Å². The topological polar surface area (TPSA) is 134 Å². The second kappa shape index (κ2) is 9.57. The van der Waals surface area contributed by atoms with E-state index in [9.17, 15) is 19.7 Å². The SMILES string of the molecule is CNc1ccc([N+](=O)[O-])cc1C(=O)OCC(=O)Nc1c(C)cc(SC#N)cc1C. The molecule has 0 aromatic heterocycles. The minimum Gasteiger partial charge on any atom is -0.452 e. The molecule has 0 saturated heterocycles. The zero-order chi connectivity index (χ0) is 21.6. The first-order chi connectivity index (χ1) is 13.8. The molecule has 0 aliphatic carbocycles. The number of rotatable bonds is 7. The molecule has 2 rings (SSSR count). The van der Waals surface area contributed by atoms with Crippen LogP contribution in [0.15, 0.2) is 35.2 Å². The highest BCUT2D eigenvalue weighted by Gasteiger charge is 2.19. The minimum atomic E-state index is -0.859. The Morgan fingerprint density at radius 1 is 1.24 bits per heavy atom. The summed E-state index contributed by atoms with van der Waals surface area (Å²) in [6.45, 7) is 3.02. The Morgan fingerprint density at radius 3 is 2.45 bits per heavy atom. The summed E-state index contributed by atoms with van der Waals surface area (Å²) < 4.78 is 5.02. The highest BCUT2D eigenvalue weighted by atomic mass is 32.2. The molecule has 0 aliphatic heterocycles. The van der Waals surface area contributed by atoms with Crippen molar-refractivity contribution in [3.8, 4) is 5.40 Å². The van der Waals surface area contributed by atoms with Crippen molar-refractivity contribution in [2.75, 3.05) is 24.3 Å². The number of non-ortho nitro benzene ring substituents is 1. The molecule has 0 saturated carbocycles. The van der Waals surface area contributed by atoms with Crippen LogP contribution in [0.3, 0.4) is 0 Å². The summed E-state index contributed by atoms with van der Waals surface area (Å²) in [6.07, 6.45) is 0. The predicted molar refractivity (Wildman–Crippen MR) is 109 cm³/mol. The number of thiocyanates is 1. The lowest BCUT2D eigenvalue weighted by Crippen LogP contribution is -2.22. The first kappa shape index (κ1) is 21.7. The summed E-state index contributed by atoms with van der Waals surface area (Å²) in [6, 6.07) is 7.28. The number of nitrogens with zero attached hydrogens (tertiary/aromatic N) is 2. The quantitative estimate of drug-likeness (QED) is 0.231. The second-order valence-corrected chi connectivity index (χ2v) is 6.84. The molecule has 0 unspecified atom stereocenters. The van der Waals surface area contributed by atoms with E-state index in [0.717, 1.165) is 33.9 Å². The number of carbonyl (C=O) groups is 2. The number of anilines is 2. The minimum absolute atomic E-state index is 0.0419. The van der Waals surface area contributed by atoms with Gasteiger partial charge in [-0.25, -0.2) is 4.79 Å². The molecule has 10 heteroatoms. The maximum Gasteiger partial charge on any atom is 0.341 e. The number of ether oxygens (including phenoxy) is 1. The molecule has 29 heavy (non-hydrogen) atoms. The van der Waals surface area contributed by atoms with Crippen LogP contribution in [0.1, 0.15) is 21.5 Å².